The Bertz CT molecular complexity index is 1020. The minimum atomic E-state index is -2.78. The average Bonchev–Trinajstić information content (AvgIpc) is 3.06. The zero-order valence-corrected chi connectivity index (χ0v) is 16.8. The van der Waals surface area contributed by atoms with Gasteiger partial charge >= 0.3 is 0 Å². The number of hydrogen-bond donors (Lipinski definition) is 1. The lowest BCUT2D eigenvalue weighted by Gasteiger charge is -2.46. The highest BCUT2D eigenvalue weighted by Crippen LogP contribution is 2.34. The average molecular weight is 447 g/mol. The van der Waals surface area contributed by atoms with Crippen molar-refractivity contribution in [3.8, 4) is 0 Å². The first kappa shape index (κ1) is 20.9. The maximum absolute atomic E-state index is 14.7. The van der Waals surface area contributed by atoms with Gasteiger partial charge in [0.15, 0.2) is 5.82 Å². The lowest BCUT2D eigenvalue weighted by Crippen LogP contribution is -2.65. The Morgan fingerprint density at radius 3 is 2.40 bits per heavy atom. The summed E-state index contributed by atoms with van der Waals surface area (Å²) in [4.78, 5) is 32.0. The third kappa shape index (κ3) is 3.41. The quantitative estimate of drug-likeness (QED) is 0.738. The first-order valence-electron chi connectivity index (χ1n) is 9.44. The predicted octanol–water partition coefficient (Wildman–Crippen LogP) is 2.72. The number of nitrogens with one attached hydrogen (secondary N) is 1. The normalized spacial score (nSPS) is 21.7. The van der Waals surface area contributed by atoms with Gasteiger partial charge in [-0.1, -0.05) is 11.6 Å². The number of likely N-dealkylation sites (tertiary alicyclic amines) is 1. The maximum Gasteiger partial charge on any atom is 0.275 e. The van der Waals surface area contributed by atoms with Crippen LogP contribution in [0.5, 0.6) is 0 Å². The van der Waals surface area contributed by atoms with Crippen LogP contribution in [0.4, 0.5) is 17.6 Å². The van der Waals surface area contributed by atoms with Crippen LogP contribution in [-0.4, -0.2) is 82.7 Å². The van der Waals surface area contributed by atoms with Crippen molar-refractivity contribution in [3.05, 3.63) is 34.5 Å². The molecule has 1 aromatic heterocycles. The molecular weight excluding hydrogens is 428 g/mol. The van der Waals surface area contributed by atoms with Crippen LogP contribution >= 0.6 is 11.6 Å². The molecule has 11 heteroatoms. The van der Waals surface area contributed by atoms with Gasteiger partial charge in [0.2, 0.25) is 5.91 Å². The first-order valence-corrected chi connectivity index (χ1v) is 9.82. The van der Waals surface area contributed by atoms with Crippen LogP contribution in [-0.2, 0) is 4.79 Å². The number of halogens is 5. The molecule has 0 radical (unpaired) electrons. The number of benzene rings is 1. The summed E-state index contributed by atoms with van der Waals surface area (Å²) < 4.78 is 54.8. The smallest absolute Gasteiger partial charge is 0.275 e. The van der Waals surface area contributed by atoms with Crippen molar-refractivity contribution in [3.63, 3.8) is 0 Å². The number of nitrogens with zero attached hydrogens (tertiary/aromatic N) is 3. The third-order valence-electron chi connectivity index (χ3n) is 5.84. The topological polar surface area (TPSA) is 59.7 Å². The molecule has 2 aromatic rings. The summed E-state index contributed by atoms with van der Waals surface area (Å²) in [5.74, 6) is -5.40. The van der Waals surface area contributed by atoms with Gasteiger partial charge in [0.1, 0.15) is 11.5 Å². The summed E-state index contributed by atoms with van der Waals surface area (Å²) in [5, 5.41) is -0.587. The predicted molar refractivity (Wildman–Crippen MR) is 102 cm³/mol. The van der Waals surface area contributed by atoms with Crippen LogP contribution in [0.25, 0.3) is 10.9 Å². The van der Waals surface area contributed by atoms with E-state index in [1.807, 2.05) is 0 Å². The Hall–Kier alpha value is -2.33. The molecule has 2 aliphatic heterocycles. The molecule has 3 heterocycles. The minimum absolute atomic E-state index is 0.106. The van der Waals surface area contributed by atoms with Crippen molar-refractivity contribution in [2.45, 2.75) is 18.9 Å². The van der Waals surface area contributed by atoms with Crippen LogP contribution in [0, 0.1) is 11.6 Å². The number of piperazine rings is 1. The van der Waals surface area contributed by atoms with E-state index in [4.69, 9.17) is 11.6 Å². The SMILES string of the molecule is C[C@H]1N(CC(=O)N2CCN(C(=O)c3[nH]c4ccc(F)c(Cl)c4c3F)CC2)CC1(F)F. The fourth-order valence-electron chi connectivity index (χ4n) is 3.81. The Morgan fingerprint density at radius 1 is 1.17 bits per heavy atom. The molecule has 0 saturated carbocycles. The van der Waals surface area contributed by atoms with E-state index in [1.165, 1.54) is 27.7 Å². The Morgan fingerprint density at radius 2 is 1.80 bits per heavy atom. The number of aromatic nitrogens is 1. The monoisotopic (exact) mass is 446 g/mol. The molecule has 0 bridgehead atoms. The van der Waals surface area contributed by atoms with Gasteiger partial charge in [-0.3, -0.25) is 14.5 Å². The van der Waals surface area contributed by atoms with Gasteiger partial charge in [-0.25, -0.2) is 17.6 Å². The first-order chi connectivity index (χ1) is 14.1. The van der Waals surface area contributed by atoms with Crippen molar-refractivity contribution >= 4 is 34.3 Å². The van der Waals surface area contributed by atoms with Gasteiger partial charge < -0.3 is 14.8 Å². The Balaban J connectivity index is 1.39. The van der Waals surface area contributed by atoms with Crippen LogP contribution in [0.2, 0.25) is 5.02 Å². The molecule has 1 N–H and O–H groups in total. The molecule has 162 valence electrons. The molecule has 2 aliphatic rings. The van der Waals surface area contributed by atoms with Crippen LogP contribution < -0.4 is 0 Å². The number of alkyl halides is 2. The highest BCUT2D eigenvalue weighted by molar-refractivity contribution is 6.35. The van der Waals surface area contributed by atoms with E-state index < -0.39 is 41.1 Å². The molecule has 4 rings (SSSR count). The van der Waals surface area contributed by atoms with Gasteiger partial charge in [0.05, 0.1) is 35.1 Å². The lowest BCUT2D eigenvalue weighted by atomic mass is 10.00. The van der Waals surface area contributed by atoms with Gasteiger partial charge in [0.25, 0.3) is 11.8 Å². The van der Waals surface area contributed by atoms with Gasteiger partial charge in [-0.15, -0.1) is 0 Å². The summed E-state index contributed by atoms with van der Waals surface area (Å²) in [7, 11) is 0. The summed E-state index contributed by atoms with van der Waals surface area (Å²) in [6, 6.07) is 1.40. The second kappa shape index (κ2) is 7.42. The molecular formula is C19H19ClF4N4O2. The molecule has 0 aliphatic carbocycles. The van der Waals surface area contributed by atoms with Crippen molar-refractivity contribution in [1.82, 2.24) is 19.7 Å². The third-order valence-corrected chi connectivity index (χ3v) is 6.21. The zero-order valence-electron chi connectivity index (χ0n) is 16.0. The van der Waals surface area contributed by atoms with Gasteiger partial charge in [-0.05, 0) is 19.1 Å². The molecule has 6 nitrogen and oxygen atoms in total. The van der Waals surface area contributed by atoms with Crippen LogP contribution in [0.3, 0.4) is 0 Å². The number of aromatic amines is 1. The Kier molecular flexibility index (Phi) is 5.17. The highest BCUT2D eigenvalue weighted by Gasteiger charge is 2.52. The van der Waals surface area contributed by atoms with E-state index in [-0.39, 0.29) is 55.2 Å². The molecule has 0 unspecified atom stereocenters. The van der Waals surface area contributed by atoms with Crippen LogP contribution in [0.15, 0.2) is 12.1 Å². The zero-order chi connectivity index (χ0) is 21.8. The molecule has 2 amide bonds. The largest absolute Gasteiger partial charge is 0.348 e. The van der Waals surface area contributed by atoms with Crippen molar-refractivity contribution in [2.24, 2.45) is 0 Å². The number of H-pyrrole nitrogens is 1. The lowest BCUT2D eigenvalue weighted by molar-refractivity contribution is -0.181. The van der Waals surface area contributed by atoms with Crippen molar-refractivity contribution < 1.29 is 27.2 Å². The highest BCUT2D eigenvalue weighted by atomic mass is 35.5. The summed E-state index contributed by atoms with van der Waals surface area (Å²) in [5.41, 5.74) is -0.120. The molecule has 1 aromatic carbocycles. The number of amides is 2. The Labute approximate surface area is 174 Å². The molecule has 30 heavy (non-hydrogen) atoms. The molecule has 0 spiro atoms. The maximum atomic E-state index is 14.7. The second-order valence-corrected chi connectivity index (χ2v) is 7.99. The summed E-state index contributed by atoms with van der Waals surface area (Å²) >= 11 is 5.82. The number of rotatable bonds is 3. The summed E-state index contributed by atoms with van der Waals surface area (Å²) in [6.45, 7) is 1.56. The van der Waals surface area contributed by atoms with Crippen molar-refractivity contribution in [2.75, 3.05) is 39.3 Å². The minimum Gasteiger partial charge on any atom is -0.348 e. The van der Waals surface area contributed by atoms with E-state index in [0.29, 0.717) is 0 Å². The van der Waals surface area contributed by atoms with E-state index in [9.17, 15) is 27.2 Å². The molecule has 2 saturated heterocycles. The standard InChI is InChI=1S/C19H19ClF4N4O2/c1-10-19(23,24)9-28(10)8-13(29)26-4-6-27(7-5-26)18(30)17-16(22)14-12(25-17)3-2-11(21)15(14)20/h2-3,10,25H,4-9H2,1H3/t10-/m1/s1. The summed E-state index contributed by atoms with van der Waals surface area (Å²) in [6.07, 6.45) is 0. The van der Waals surface area contributed by atoms with E-state index in [0.717, 1.165) is 6.07 Å². The van der Waals surface area contributed by atoms with Gasteiger partial charge in [0, 0.05) is 26.2 Å². The van der Waals surface area contributed by atoms with E-state index >= 15 is 0 Å². The second-order valence-electron chi connectivity index (χ2n) is 7.61. The number of hydrogen-bond acceptors (Lipinski definition) is 3. The molecule has 2 fully saturated rings. The van der Waals surface area contributed by atoms with Gasteiger partial charge in [-0.2, -0.15) is 0 Å². The van der Waals surface area contributed by atoms with E-state index in [2.05, 4.69) is 4.98 Å². The van der Waals surface area contributed by atoms with Crippen LogP contribution in [0.1, 0.15) is 17.4 Å². The van der Waals surface area contributed by atoms with Crippen molar-refractivity contribution in [1.29, 1.82) is 0 Å². The molecule has 1 atom stereocenters. The number of carbonyl (C=O) groups is 2. The fraction of sp³-hybridized carbons (Fsp3) is 0.474. The number of carbonyl (C=O) groups excluding carboxylic acids is 2. The van der Waals surface area contributed by atoms with E-state index in [1.54, 1.807) is 0 Å². The fourth-order valence-corrected chi connectivity index (χ4v) is 4.06. The number of fused-ring (bicyclic) bond motifs is 1.